The van der Waals surface area contributed by atoms with Gasteiger partial charge >= 0.3 is 0 Å². The van der Waals surface area contributed by atoms with Crippen LogP contribution in [0.25, 0.3) is 0 Å². The molecule has 0 bridgehead atoms. The minimum absolute atomic E-state index is 0.00425. The van der Waals surface area contributed by atoms with Gasteiger partial charge in [0.05, 0.1) is 0 Å². The maximum atomic E-state index is 13.8. The summed E-state index contributed by atoms with van der Waals surface area (Å²) in [5.41, 5.74) is 6.86. The molecule has 5 rings (SSSR count). The van der Waals surface area contributed by atoms with E-state index in [0.717, 1.165) is 83.4 Å². The quantitative estimate of drug-likeness (QED) is 0.428. The summed E-state index contributed by atoms with van der Waals surface area (Å²) < 4.78 is 0. The number of fused-ring (bicyclic) bond motifs is 1. The van der Waals surface area contributed by atoms with E-state index < -0.39 is 0 Å². The van der Waals surface area contributed by atoms with Gasteiger partial charge in [0.1, 0.15) is 0 Å². The first-order valence-corrected chi connectivity index (χ1v) is 15.8. The Labute approximate surface area is 237 Å². The van der Waals surface area contributed by atoms with Crippen LogP contribution in [0.1, 0.15) is 77.8 Å². The van der Waals surface area contributed by atoms with Crippen molar-refractivity contribution in [3.8, 4) is 0 Å². The van der Waals surface area contributed by atoms with Crippen LogP contribution in [0.3, 0.4) is 0 Å². The molecule has 5 nitrogen and oxygen atoms in total. The Morgan fingerprint density at radius 2 is 1.69 bits per heavy atom. The van der Waals surface area contributed by atoms with E-state index in [4.69, 9.17) is 0 Å². The molecule has 0 spiro atoms. The van der Waals surface area contributed by atoms with Crippen molar-refractivity contribution in [2.24, 2.45) is 11.3 Å². The predicted molar refractivity (Wildman–Crippen MR) is 161 cm³/mol. The Bertz CT molecular complexity index is 1080. The standard InChI is InChI=1S/C34H52N4O/c1-6-36(7-2)29-16-19-37(20-17-29)30-14-15-31-32(21-30)34(4,5)25-38(33(31)39)23-26(3)22-35-18-10-13-27-11-8-9-12-28(27)24-35/h8-9,11-12,21,26,29H,6-7,10,13-20,22-25H2,1-5H3/t26-/m1/s1. The first kappa shape index (κ1) is 28.4. The predicted octanol–water partition coefficient (Wildman–Crippen LogP) is 5.72. The van der Waals surface area contributed by atoms with Gasteiger partial charge in [0, 0.05) is 62.0 Å². The highest BCUT2D eigenvalue weighted by Gasteiger charge is 2.40. The maximum absolute atomic E-state index is 13.8. The molecule has 1 aromatic rings. The number of allylic oxidation sites excluding steroid dienone is 2. The van der Waals surface area contributed by atoms with E-state index in [1.54, 1.807) is 0 Å². The summed E-state index contributed by atoms with van der Waals surface area (Å²) in [5.74, 6) is 0.756. The topological polar surface area (TPSA) is 30.0 Å². The molecule has 0 N–H and O–H groups in total. The van der Waals surface area contributed by atoms with Crippen LogP contribution in [-0.4, -0.2) is 83.9 Å². The number of aryl methyl sites for hydroxylation is 1. The molecular formula is C34H52N4O. The number of benzene rings is 1. The second kappa shape index (κ2) is 12.2. The zero-order valence-corrected chi connectivity index (χ0v) is 25.3. The lowest BCUT2D eigenvalue weighted by Gasteiger charge is -2.45. The van der Waals surface area contributed by atoms with E-state index in [9.17, 15) is 4.79 Å². The molecule has 1 amide bonds. The van der Waals surface area contributed by atoms with Gasteiger partial charge in [-0.05, 0) is 86.9 Å². The Morgan fingerprint density at radius 3 is 2.41 bits per heavy atom. The molecule has 0 unspecified atom stereocenters. The van der Waals surface area contributed by atoms with Crippen molar-refractivity contribution < 1.29 is 4.79 Å². The monoisotopic (exact) mass is 532 g/mol. The van der Waals surface area contributed by atoms with Crippen molar-refractivity contribution in [1.82, 2.24) is 19.6 Å². The fraction of sp³-hybridized carbons (Fsp3) is 0.676. The number of hydrogen-bond donors (Lipinski definition) is 0. The molecule has 0 aromatic heterocycles. The van der Waals surface area contributed by atoms with Crippen molar-refractivity contribution in [3.05, 3.63) is 58.3 Å². The first-order chi connectivity index (χ1) is 18.8. The van der Waals surface area contributed by atoms with Gasteiger partial charge in [-0.15, -0.1) is 0 Å². The van der Waals surface area contributed by atoms with E-state index in [1.165, 1.54) is 48.1 Å². The highest BCUT2D eigenvalue weighted by atomic mass is 16.2. The summed E-state index contributed by atoms with van der Waals surface area (Å²) in [6.45, 7) is 21.1. The summed E-state index contributed by atoms with van der Waals surface area (Å²) in [6, 6.07) is 9.65. The van der Waals surface area contributed by atoms with Gasteiger partial charge in [-0.2, -0.15) is 0 Å². The summed E-state index contributed by atoms with van der Waals surface area (Å²) >= 11 is 0. The van der Waals surface area contributed by atoms with Crippen LogP contribution in [0.5, 0.6) is 0 Å². The lowest BCUT2D eigenvalue weighted by molar-refractivity contribution is -0.130. The van der Waals surface area contributed by atoms with Crippen molar-refractivity contribution >= 4 is 5.91 Å². The minimum atomic E-state index is -0.00425. The molecule has 5 heteroatoms. The number of amides is 1. The number of nitrogens with zero attached hydrogens (tertiary/aromatic N) is 4. The largest absolute Gasteiger partial charge is 0.375 e. The summed E-state index contributed by atoms with van der Waals surface area (Å²) in [4.78, 5) is 23.8. The Balaban J connectivity index is 1.22. The molecule has 39 heavy (non-hydrogen) atoms. The molecule has 3 aliphatic heterocycles. The van der Waals surface area contributed by atoms with Crippen LogP contribution in [0.2, 0.25) is 0 Å². The van der Waals surface area contributed by atoms with Crippen molar-refractivity contribution in [2.75, 3.05) is 52.4 Å². The average Bonchev–Trinajstić information content (AvgIpc) is 3.14. The van der Waals surface area contributed by atoms with E-state index in [2.05, 4.69) is 84.6 Å². The van der Waals surface area contributed by atoms with E-state index >= 15 is 0 Å². The first-order valence-electron chi connectivity index (χ1n) is 15.8. The highest BCUT2D eigenvalue weighted by Crippen LogP contribution is 2.42. The zero-order valence-electron chi connectivity index (χ0n) is 25.3. The molecule has 1 aromatic carbocycles. The lowest BCUT2D eigenvalue weighted by Crippen LogP contribution is -2.49. The third kappa shape index (κ3) is 6.30. The number of carbonyl (C=O) groups is 1. The average molecular weight is 533 g/mol. The Hall–Kier alpha value is -2.11. The van der Waals surface area contributed by atoms with Crippen LogP contribution in [0, 0.1) is 11.3 Å². The second-order valence-electron chi connectivity index (χ2n) is 13.2. The third-order valence-corrected chi connectivity index (χ3v) is 9.86. The van der Waals surface area contributed by atoms with Crippen LogP contribution >= 0.6 is 0 Å². The van der Waals surface area contributed by atoms with E-state index in [0.29, 0.717) is 11.8 Å². The molecule has 3 heterocycles. The van der Waals surface area contributed by atoms with Crippen LogP contribution in [-0.2, 0) is 17.8 Å². The molecule has 1 fully saturated rings. The summed E-state index contributed by atoms with van der Waals surface area (Å²) in [7, 11) is 0. The zero-order chi connectivity index (χ0) is 27.6. The Kier molecular flexibility index (Phi) is 8.88. The molecule has 214 valence electrons. The van der Waals surface area contributed by atoms with E-state index in [1.807, 2.05) is 0 Å². The van der Waals surface area contributed by atoms with Gasteiger partial charge in [0.25, 0.3) is 0 Å². The smallest absolute Gasteiger partial charge is 0.250 e. The van der Waals surface area contributed by atoms with Crippen molar-refractivity contribution in [1.29, 1.82) is 0 Å². The number of hydrogen-bond acceptors (Lipinski definition) is 4. The molecule has 4 aliphatic rings. The summed E-state index contributed by atoms with van der Waals surface area (Å²) in [5, 5.41) is 0. The normalized spacial score (nSPS) is 23.4. The second-order valence-corrected chi connectivity index (χ2v) is 13.2. The van der Waals surface area contributed by atoms with Crippen LogP contribution in [0.4, 0.5) is 0 Å². The van der Waals surface area contributed by atoms with E-state index in [-0.39, 0.29) is 5.41 Å². The van der Waals surface area contributed by atoms with Gasteiger partial charge in [0.2, 0.25) is 5.91 Å². The number of piperidine rings is 1. The number of carbonyl (C=O) groups excluding carboxylic acids is 1. The van der Waals surface area contributed by atoms with Gasteiger partial charge in [0.15, 0.2) is 0 Å². The fourth-order valence-electron chi connectivity index (χ4n) is 7.82. The maximum Gasteiger partial charge on any atom is 0.250 e. The lowest BCUT2D eigenvalue weighted by atomic mass is 9.73. The summed E-state index contributed by atoms with van der Waals surface area (Å²) in [6.07, 6.45) is 9.23. The molecule has 1 saturated heterocycles. The molecule has 1 atom stereocenters. The minimum Gasteiger partial charge on any atom is -0.375 e. The third-order valence-electron chi connectivity index (χ3n) is 9.86. The number of likely N-dealkylation sites (tertiary alicyclic amines) is 1. The van der Waals surface area contributed by atoms with Crippen molar-refractivity contribution in [3.63, 3.8) is 0 Å². The molecule has 0 radical (unpaired) electrons. The fourth-order valence-corrected chi connectivity index (χ4v) is 7.82. The molecular weight excluding hydrogens is 480 g/mol. The highest BCUT2D eigenvalue weighted by molar-refractivity contribution is 5.96. The van der Waals surface area contributed by atoms with Crippen LogP contribution in [0.15, 0.2) is 47.2 Å². The Morgan fingerprint density at radius 1 is 0.974 bits per heavy atom. The molecule has 0 saturated carbocycles. The number of rotatable bonds is 8. The van der Waals surface area contributed by atoms with Gasteiger partial charge < -0.3 is 14.7 Å². The molecule has 1 aliphatic carbocycles. The van der Waals surface area contributed by atoms with Gasteiger partial charge in [-0.25, -0.2) is 0 Å². The van der Waals surface area contributed by atoms with Gasteiger partial charge in [-0.1, -0.05) is 58.9 Å². The van der Waals surface area contributed by atoms with Crippen molar-refractivity contribution in [2.45, 2.75) is 85.7 Å². The SMILES string of the molecule is CCN(CC)C1CCN(C2=CC3=C(CC2)C(=O)N(C[C@H](C)CN2CCCc4ccccc4C2)CC3(C)C)CC1. The van der Waals surface area contributed by atoms with Gasteiger partial charge in [-0.3, -0.25) is 9.69 Å². The van der Waals surface area contributed by atoms with Crippen LogP contribution < -0.4 is 0 Å².